The van der Waals surface area contributed by atoms with Crippen molar-refractivity contribution in [3.8, 4) is 11.3 Å². The average Bonchev–Trinajstić information content (AvgIpc) is 3.42. The van der Waals surface area contributed by atoms with Crippen molar-refractivity contribution in [1.29, 1.82) is 0 Å². The molecule has 43 heavy (non-hydrogen) atoms. The second-order valence-corrected chi connectivity index (χ2v) is 9.88. The molecule has 0 aliphatic heterocycles. The number of carboxylic acid groups (broad SMARTS) is 1. The molecule has 0 bridgehead atoms. The van der Waals surface area contributed by atoms with Gasteiger partial charge in [0, 0.05) is 48.5 Å². The zero-order chi connectivity index (χ0) is 31.8. The van der Waals surface area contributed by atoms with Crippen LogP contribution in [0.15, 0.2) is 41.5 Å². The number of benzene rings is 1. The van der Waals surface area contributed by atoms with Crippen LogP contribution in [0.4, 0.5) is 27.6 Å². The number of hydrogen-bond donors (Lipinski definition) is 3. The van der Waals surface area contributed by atoms with Crippen LogP contribution >= 0.6 is 0 Å². The second-order valence-electron chi connectivity index (χ2n) is 9.88. The first-order valence-electron chi connectivity index (χ1n) is 13.0. The van der Waals surface area contributed by atoms with Gasteiger partial charge >= 0.3 is 12.1 Å². The van der Waals surface area contributed by atoms with Crippen molar-refractivity contribution in [1.82, 2.24) is 24.3 Å². The highest BCUT2D eigenvalue weighted by Crippen LogP contribution is 2.28. The molecule has 228 valence electrons. The average molecular weight is 607 g/mol. The zero-order valence-electron chi connectivity index (χ0n) is 23.4. The van der Waals surface area contributed by atoms with E-state index in [4.69, 9.17) is 0 Å². The summed E-state index contributed by atoms with van der Waals surface area (Å²) in [5, 5.41) is 13.9. The highest BCUT2D eigenvalue weighted by molar-refractivity contribution is 5.97. The van der Waals surface area contributed by atoms with E-state index in [0.717, 1.165) is 0 Å². The third-order valence-corrected chi connectivity index (χ3v) is 7.13. The molecule has 4 rings (SSSR count). The van der Waals surface area contributed by atoms with E-state index in [9.17, 15) is 41.4 Å². The lowest BCUT2D eigenvalue weighted by atomic mass is 10.1. The molecule has 0 radical (unpaired) electrons. The Balaban J connectivity index is 1.62. The molecule has 10 nitrogen and oxygen atoms in total. The molecule has 2 unspecified atom stereocenters. The van der Waals surface area contributed by atoms with E-state index in [2.05, 4.69) is 15.3 Å². The van der Waals surface area contributed by atoms with E-state index in [1.54, 1.807) is 20.9 Å². The molecule has 2 atom stereocenters. The van der Waals surface area contributed by atoms with Crippen LogP contribution < -0.4 is 16.2 Å². The van der Waals surface area contributed by atoms with Crippen LogP contribution in [0.1, 0.15) is 40.8 Å². The maximum Gasteiger partial charge on any atom is 0.408 e. The van der Waals surface area contributed by atoms with E-state index < -0.39 is 59.4 Å². The minimum Gasteiger partial charge on any atom is -0.480 e. The van der Waals surface area contributed by atoms with Crippen LogP contribution in [0.3, 0.4) is 0 Å². The van der Waals surface area contributed by atoms with Crippen molar-refractivity contribution in [2.45, 2.75) is 51.9 Å². The number of carboxylic acids is 1. The molecule has 0 fully saturated rings. The Labute approximate surface area is 241 Å². The summed E-state index contributed by atoms with van der Waals surface area (Å²) < 4.78 is 71.7. The number of alkyl halides is 3. The SMILES string of the molecule is CCC(Nc1cc(F)c(C(=O)NC(Cc2ccc(-c3nc(C)c(C)n(C)c3=O)c3nccn23)C(=O)O)c(F)c1)C(F)(F)F. The molecule has 0 spiro atoms. The second kappa shape index (κ2) is 11.8. The standard InChI is InChI=1S/C28H27F5N6O4/c1-5-21(28(31,32)33)36-15-10-18(29)22(19(30)11-15)25(40)37-20(27(42)43)12-16-6-7-17(24-34-8-9-39(16)24)23-26(41)38(4)14(3)13(2)35-23/h6-11,20-21,36H,5,12H2,1-4H3,(H,37,40)(H,42,43). The van der Waals surface area contributed by atoms with Crippen LogP contribution in [0.2, 0.25) is 0 Å². The number of hydrogen-bond acceptors (Lipinski definition) is 6. The molecule has 3 heterocycles. The van der Waals surface area contributed by atoms with Gasteiger partial charge in [-0.1, -0.05) is 6.92 Å². The van der Waals surface area contributed by atoms with Crippen LogP contribution in [0, 0.1) is 25.5 Å². The summed E-state index contributed by atoms with van der Waals surface area (Å²) >= 11 is 0. The summed E-state index contributed by atoms with van der Waals surface area (Å²) in [4.78, 5) is 46.5. The Bertz CT molecular complexity index is 1760. The van der Waals surface area contributed by atoms with Gasteiger partial charge in [-0.3, -0.25) is 9.59 Å². The maximum absolute atomic E-state index is 14.8. The Morgan fingerprint density at radius 2 is 1.77 bits per heavy atom. The predicted molar refractivity (Wildman–Crippen MR) is 146 cm³/mol. The van der Waals surface area contributed by atoms with Gasteiger partial charge in [0.15, 0.2) is 0 Å². The van der Waals surface area contributed by atoms with E-state index in [1.165, 1.54) is 40.4 Å². The minimum absolute atomic E-state index is 0.126. The molecule has 0 saturated heterocycles. The van der Waals surface area contributed by atoms with Crippen LogP contribution in [0.5, 0.6) is 0 Å². The van der Waals surface area contributed by atoms with Gasteiger partial charge in [0.1, 0.15) is 40.6 Å². The molecular formula is C28H27F5N6O4. The number of anilines is 1. The fourth-order valence-electron chi connectivity index (χ4n) is 4.58. The zero-order valence-corrected chi connectivity index (χ0v) is 23.4. The van der Waals surface area contributed by atoms with Gasteiger partial charge in [0.2, 0.25) is 0 Å². The lowest BCUT2D eigenvalue weighted by Crippen LogP contribution is -2.43. The Morgan fingerprint density at radius 3 is 2.35 bits per heavy atom. The third kappa shape index (κ3) is 6.20. The van der Waals surface area contributed by atoms with Gasteiger partial charge in [0.05, 0.1) is 5.69 Å². The maximum atomic E-state index is 14.8. The van der Waals surface area contributed by atoms with Crippen LogP contribution in [0.25, 0.3) is 16.9 Å². The van der Waals surface area contributed by atoms with E-state index in [-0.39, 0.29) is 23.3 Å². The van der Waals surface area contributed by atoms with Crippen molar-refractivity contribution in [2.24, 2.45) is 7.05 Å². The first-order valence-corrected chi connectivity index (χ1v) is 13.0. The van der Waals surface area contributed by atoms with Crippen molar-refractivity contribution in [3.63, 3.8) is 0 Å². The van der Waals surface area contributed by atoms with Crippen molar-refractivity contribution in [3.05, 3.63) is 81.3 Å². The lowest BCUT2D eigenvalue weighted by molar-refractivity contribution is -0.143. The quantitative estimate of drug-likeness (QED) is 0.244. The first kappa shape index (κ1) is 31.1. The topological polar surface area (TPSA) is 131 Å². The van der Waals surface area contributed by atoms with Gasteiger partial charge in [-0.2, -0.15) is 13.2 Å². The summed E-state index contributed by atoms with van der Waals surface area (Å²) in [6, 6.07) is 0.342. The van der Waals surface area contributed by atoms with Crippen molar-refractivity contribution in [2.75, 3.05) is 5.32 Å². The predicted octanol–water partition coefficient (Wildman–Crippen LogP) is 4.17. The number of fused-ring (bicyclic) bond motifs is 1. The summed E-state index contributed by atoms with van der Waals surface area (Å²) in [5.41, 5.74) is 0.336. The number of halogens is 5. The number of pyridine rings is 1. The minimum atomic E-state index is -4.68. The smallest absolute Gasteiger partial charge is 0.408 e. The van der Waals surface area contributed by atoms with E-state index in [0.29, 0.717) is 34.8 Å². The number of nitrogens with zero attached hydrogens (tertiary/aromatic N) is 4. The van der Waals surface area contributed by atoms with Gasteiger partial charge in [-0.25, -0.2) is 23.5 Å². The number of carbonyl (C=O) groups excluding carboxylic acids is 1. The molecular weight excluding hydrogens is 579 g/mol. The summed E-state index contributed by atoms with van der Waals surface area (Å²) in [6.45, 7) is 4.73. The molecule has 0 saturated carbocycles. The lowest BCUT2D eigenvalue weighted by Gasteiger charge is -2.22. The molecule has 0 aliphatic rings. The van der Waals surface area contributed by atoms with Crippen LogP contribution in [-0.4, -0.2) is 54.2 Å². The summed E-state index contributed by atoms with van der Waals surface area (Å²) in [7, 11) is 1.60. The monoisotopic (exact) mass is 606 g/mol. The number of rotatable bonds is 9. The molecule has 0 aliphatic carbocycles. The van der Waals surface area contributed by atoms with Gasteiger partial charge < -0.3 is 24.7 Å². The van der Waals surface area contributed by atoms with Gasteiger partial charge in [-0.05, 0) is 44.5 Å². The Morgan fingerprint density at radius 1 is 1.12 bits per heavy atom. The normalized spacial score (nSPS) is 13.1. The number of amides is 1. The number of aromatic nitrogens is 4. The third-order valence-electron chi connectivity index (χ3n) is 7.13. The molecule has 1 aromatic carbocycles. The number of aliphatic carboxylic acids is 1. The number of nitrogens with one attached hydrogen (secondary N) is 2. The summed E-state index contributed by atoms with van der Waals surface area (Å²) in [5.74, 6) is -5.90. The molecule has 4 aromatic rings. The fraction of sp³-hybridized carbons (Fsp3) is 0.321. The molecule has 3 N–H and O–H groups in total. The molecule has 15 heteroatoms. The first-order chi connectivity index (χ1) is 20.1. The van der Waals surface area contributed by atoms with Crippen molar-refractivity contribution >= 4 is 23.2 Å². The largest absolute Gasteiger partial charge is 0.480 e. The fourth-order valence-corrected chi connectivity index (χ4v) is 4.58. The molecule has 3 aromatic heterocycles. The van der Waals surface area contributed by atoms with Crippen LogP contribution in [-0.2, 0) is 18.3 Å². The number of imidazole rings is 1. The highest BCUT2D eigenvalue weighted by atomic mass is 19.4. The Hall–Kier alpha value is -4.82. The Kier molecular flexibility index (Phi) is 8.55. The van der Waals surface area contributed by atoms with E-state index in [1.807, 2.05) is 5.32 Å². The number of carbonyl (C=O) groups is 2. The highest BCUT2D eigenvalue weighted by Gasteiger charge is 2.38. The van der Waals surface area contributed by atoms with E-state index >= 15 is 0 Å². The van der Waals surface area contributed by atoms with Gasteiger partial charge in [-0.15, -0.1) is 0 Å². The summed E-state index contributed by atoms with van der Waals surface area (Å²) in [6.07, 6.45) is -2.53. The number of aryl methyl sites for hydroxylation is 1. The van der Waals surface area contributed by atoms with Crippen molar-refractivity contribution < 1.29 is 36.6 Å². The van der Waals surface area contributed by atoms with Gasteiger partial charge in [0.25, 0.3) is 11.5 Å². The molecule has 1 amide bonds.